The molecule has 0 fully saturated rings. The maximum absolute atomic E-state index is 12.0. The molecule has 134 valence electrons. The van der Waals surface area contributed by atoms with Crippen LogP contribution in [0.5, 0.6) is 0 Å². The predicted octanol–water partition coefficient (Wildman–Crippen LogP) is 2.63. The molecule has 0 radical (unpaired) electrons. The number of fused-ring (bicyclic) bond motifs is 1. The lowest BCUT2D eigenvalue weighted by Crippen LogP contribution is -2.17. The zero-order valence-corrected chi connectivity index (χ0v) is 14.0. The van der Waals surface area contributed by atoms with Crippen LogP contribution in [0.1, 0.15) is 18.5 Å². The SMILES string of the molecule is Cc1cccc(NC(=O)CCCn2c(=O)oc3cc([N+](=O)[O-])ccc32)n1. The van der Waals surface area contributed by atoms with Crippen molar-refractivity contribution in [3.05, 3.63) is 62.8 Å². The third kappa shape index (κ3) is 3.77. The van der Waals surface area contributed by atoms with Crippen molar-refractivity contribution >= 4 is 28.5 Å². The highest BCUT2D eigenvalue weighted by Crippen LogP contribution is 2.20. The van der Waals surface area contributed by atoms with Gasteiger partial charge in [-0.25, -0.2) is 9.78 Å². The summed E-state index contributed by atoms with van der Waals surface area (Å²) in [6.07, 6.45) is 0.602. The Balaban J connectivity index is 1.64. The second kappa shape index (κ2) is 7.18. The van der Waals surface area contributed by atoms with Gasteiger partial charge in [-0.3, -0.25) is 19.5 Å². The summed E-state index contributed by atoms with van der Waals surface area (Å²) in [7, 11) is 0. The number of nitro benzene ring substituents is 1. The number of carbonyl (C=O) groups excluding carboxylic acids is 1. The summed E-state index contributed by atoms with van der Waals surface area (Å²) >= 11 is 0. The molecule has 3 aromatic rings. The number of carbonyl (C=O) groups is 1. The summed E-state index contributed by atoms with van der Waals surface area (Å²) in [4.78, 5) is 38.3. The number of benzene rings is 1. The van der Waals surface area contributed by atoms with E-state index in [9.17, 15) is 19.7 Å². The van der Waals surface area contributed by atoms with Gasteiger partial charge in [-0.2, -0.15) is 0 Å². The van der Waals surface area contributed by atoms with Crippen LogP contribution in [0.4, 0.5) is 11.5 Å². The van der Waals surface area contributed by atoms with Crippen LogP contribution in [0.2, 0.25) is 0 Å². The van der Waals surface area contributed by atoms with E-state index in [1.165, 1.54) is 22.8 Å². The van der Waals surface area contributed by atoms with Crippen LogP contribution in [-0.4, -0.2) is 20.4 Å². The number of non-ortho nitro benzene ring substituents is 1. The van der Waals surface area contributed by atoms with Gasteiger partial charge in [-0.1, -0.05) is 6.07 Å². The molecule has 0 aliphatic rings. The lowest BCUT2D eigenvalue weighted by atomic mass is 10.2. The number of anilines is 1. The summed E-state index contributed by atoms with van der Waals surface area (Å²) in [6, 6.07) is 9.32. The molecular weight excluding hydrogens is 340 g/mol. The van der Waals surface area contributed by atoms with Crippen molar-refractivity contribution in [3.8, 4) is 0 Å². The Morgan fingerprint density at radius 1 is 1.35 bits per heavy atom. The zero-order chi connectivity index (χ0) is 18.7. The maximum Gasteiger partial charge on any atom is 0.419 e. The van der Waals surface area contributed by atoms with Crippen LogP contribution in [0.15, 0.2) is 45.6 Å². The number of nitro groups is 1. The van der Waals surface area contributed by atoms with Gasteiger partial charge in [0.25, 0.3) is 5.69 Å². The zero-order valence-electron chi connectivity index (χ0n) is 14.0. The highest BCUT2D eigenvalue weighted by Gasteiger charge is 2.14. The van der Waals surface area contributed by atoms with Crippen molar-refractivity contribution in [1.29, 1.82) is 0 Å². The van der Waals surface area contributed by atoms with E-state index in [1.807, 2.05) is 13.0 Å². The van der Waals surface area contributed by atoms with Crippen molar-refractivity contribution in [2.75, 3.05) is 5.32 Å². The van der Waals surface area contributed by atoms with E-state index in [0.717, 1.165) is 5.69 Å². The molecule has 26 heavy (non-hydrogen) atoms. The summed E-state index contributed by atoms with van der Waals surface area (Å²) in [6.45, 7) is 2.09. The number of aromatic nitrogens is 2. The Morgan fingerprint density at radius 3 is 2.88 bits per heavy atom. The summed E-state index contributed by atoms with van der Waals surface area (Å²) in [5, 5.41) is 13.5. The van der Waals surface area contributed by atoms with Crippen LogP contribution in [-0.2, 0) is 11.3 Å². The normalized spacial score (nSPS) is 10.8. The number of oxazole rings is 1. The fourth-order valence-electron chi connectivity index (χ4n) is 2.60. The Kier molecular flexibility index (Phi) is 4.78. The summed E-state index contributed by atoms with van der Waals surface area (Å²) in [5.41, 5.74) is 1.26. The largest absolute Gasteiger partial charge is 0.419 e. The molecule has 0 aliphatic carbocycles. The molecule has 2 aromatic heterocycles. The number of hydrogen-bond donors (Lipinski definition) is 1. The van der Waals surface area contributed by atoms with Gasteiger partial charge in [-0.15, -0.1) is 0 Å². The fraction of sp³-hybridized carbons (Fsp3) is 0.235. The van der Waals surface area contributed by atoms with Crippen LogP contribution >= 0.6 is 0 Å². The molecule has 0 bridgehead atoms. The van der Waals surface area contributed by atoms with Gasteiger partial charge in [0.1, 0.15) is 5.82 Å². The first-order chi connectivity index (χ1) is 12.4. The first-order valence-corrected chi connectivity index (χ1v) is 7.95. The van der Waals surface area contributed by atoms with E-state index >= 15 is 0 Å². The lowest BCUT2D eigenvalue weighted by Gasteiger charge is -2.05. The second-order valence-corrected chi connectivity index (χ2v) is 5.74. The topological polar surface area (TPSA) is 120 Å². The fourth-order valence-corrected chi connectivity index (χ4v) is 2.60. The molecule has 2 heterocycles. The molecule has 0 saturated carbocycles. The number of amides is 1. The number of pyridine rings is 1. The van der Waals surface area contributed by atoms with Crippen molar-refractivity contribution in [1.82, 2.24) is 9.55 Å². The van der Waals surface area contributed by atoms with Crippen LogP contribution in [0.25, 0.3) is 11.1 Å². The average Bonchev–Trinajstić information content (AvgIpc) is 2.89. The third-order valence-corrected chi connectivity index (χ3v) is 3.80. The Morgan fingerprint density at radius 2 is 2.15 bits per heavy atom. The molecule has 0 aliphatic heterocycles. The van der Waals surface area contributed by atoms with E-state index < -0.39 is 10.7 Å². The van der Waals surface area contributed by atoms with Crippen molar-refractivity contribution in [2.45, 2.75) is 26.3 Å². The molecule has 9 nitrogen and oxygen atoms in total. The molecule has 3 rings (SSSR count). The quantitative estimate of drug-likeness (QED) is 0.535. The minimum Gasteiger partial charge on any atom is -0.407 e. The first kappa shape index (κ1) is 17.3. The van der Waals surface area contributed by atoms with E-state index in [2.05, 4.69) is 10.3 Å². The van der Waals surface area contributed by atoms with Gasteiger partial charge in [0, 0.05) is 24.7 Å². The molecule has 1 amide bonds. The highest BCUT2D eigenvalue weighted by atomic mass is 16.6. The van der Waals surface area contributed by atoms with Gasteiger partial charge in [-0.05, 0) is 31.5 Å². The summed E-state index contributed by atoms with van der Waals surface area (Å²) in [5.74, 6) is -0.339. The Bertz CT molecular complexity index is 1040. The Hall–Kier alpha value is -3.49. The lowest BCUT2D eigenvalue weighted by molar-refractivity contribution is -0.384. The van der Waals surface area contributed by atoms with Gasteiger partial charge in [0.15, 0.2) is 5.58 Å². The molecule has 1 aromatic carbocycles. The van der Waals surface area contributed by atoms with E-state index in [1.54, 1.807) is 12.1 Å². The van der Waals surface area contributed by atoms with E-state index in [-0.39, 0.29) is 30.1 Å². The minimum atomic E-state index is -0.610. The van der Waals surface area contributed by atoms with E-state index in [0.29, 0.717) is 17.8 Å². The standard InChI is InChI=1S/C17H16N4O5/c1-11-4-2-5-15(18-11)19-16(22)6-3-9-20-13-8-7-12(21(24)25)10-14(13)26-17(20)23/h2,4-5,7-8,10H,3,6,9H2,1H3,(H,18,19,22). The van der Waals surface area contributed by atoms with Crippen molar-refractivity contribution in [2.24, 2.45) is 0 Å². The number of hydrogen-bond acceptors (Lipinski definition) is 6. The number of rotatable bonds is 6. The molecule has 0 unspecified atom stereocenters. The Labute approximate surface area is 147 Å². The molecule has 0 saturated heterocycles. The first-order valence-electron chi connectivity index (χ1n) is 7.95. The molecule has 9 heteroatoms. The third-order valence-electron chi connectivity index (χ3n) is 3.80. The molecular formula is C17H16N4O5. The molecule has 1 N–H and O–H groups in total. The number of nitrogens with zero attached hydrogens (tertiary/aromatic N) is 3. The minimum absolute atomic E-state index is 0.150. The maximum atomic E-state index is 12.0. The van der Waals surface area contributed by atoms with Crippen LogP contribution in [0.3, 0.4) is 0 Å². The van der Waals surface area contributed by atoms with Gasteiger partial charge >= 0.3 is 5.76 Å². The van der Waals surface area contributed by atoms with Crippen LogP contribution < -0.4 is 11.1 Å². The van der Waals surface area contributed by atoms with Crippen molar-refractivity contribution < 1.29 is 14.1 Å². The number of nitrogens with one attached hydrogen (secondary N) is 1. The monoisotopic (exact) mass is 356 g/mol. The van der Waals surface area contributed by atoms with Crippen LogP contribution in [0, 0.1) is 17.0 Å². The van der Waals surface area contributed by atoms with Gasteiger partial charge in [0.05, 0.1) is 16.5 Å². The van der Waals surface area contributed by atoms with Gasteiger partial charge in [0.2, 0.25) is 5.91 Å². The predicted molar refractivity (Wildman–Crippen MR) is 94.0 cm³/mol. The van der Waals surface area contributed by atoms with Crippen molar-refractivity contribution in [3.63, 3.8) is 0 Å². The second-order valence-electron chi connectivity index (χ2n) is 5.74. The van der Waals surface area contributed by atoms with E-state index in [4.69, 9.17) is 4.42 Å². The van der Waals surface area contributed by atoms with Gasteiger partial charge < -0.3 is 9.73 Å². The molecule has 0 atom stereocenters. The number of aryl methyl sites for hydroxylation is 2. The molecule has 0 spiro atoms. The average molecular weight is 356 g/mol. The summed E-state index contributed by atoms with van der Waals surface area (Å²) < 4.78 is 6.41. The smallest absolute Gasteiger partial charge is 0.407 e. The highest BCUT2D eigenvalue weighted by molar-refractivity contribution is 5.89.